The minimum absolute atomic E-state index is 0.411. The van der Waals surface area contributed by atoms with Gasteiger partial charge in [-0.3, -0.25) is 0 Å². The summed E-state index contributed by atoms with van der Waals surface area (Å²) >= 11 is 3.64. The molecule has 1 unspecified atom stereocenters. The predicted octanol–water partition coefficient (Wildman–Crippen LogP) is 3.81. The van der Waals surface area contributed by atoms with Gasteiger partial charge in [-0.1, -0.05) is 46.3 Å². The van der Waals surface area contributed by atoms with Gasteiger partial charge in [-0.05, 0) is 31.2 Å². The monoisotopic (exact) mass is 282 g/mol. The molecule has 1 aromatic rings. The molecule has 0 bridgehead atoms. The zero-order chi connectivity index (χ0) is 11.3. The molecule has 1 atom stereocenters. The molecule has 16 heavy (non-hydrogen) atoms. The van der Waals surface area contributed by atoms with Crippen LogP contribution in [0.25, 0.3) is 0 Å². The van der Waals surface area contributed by atoms with Gasteiger partial charge in [-0.2, -0.15) is 0 Å². The number of ether oxygens (including phenoxy) is 1. The molecule has 1 aromatic carbocycles. The number of halogens is 1. The van der Waals surface area contributed by atoms with Gasteiger partial charge in [0, 0.05) is 17.4 Å². The van der Waals surface area contributed by atoms with Crippen molar-refractivity contribution < 1.29 is 4.74 Å². The van der Waals surface area contributed by atoms with Crippen molar-refractivity contribution in [1.82, 2.24) is 0 Å². The Morgan fingerprint density at radius 1 is 1.25 bits per heavy atom. The van der Waals surface area contributed by atoms with Crippen molar-refractivity contribution in [3.05, 3.63) is 35.9 Å². The van der Waals surface area contributed by atoms with E-state index in [0.717, 1.165) is 18.5 Å². The molecule has 1 heterocycles. The minimum Gasteiger partial charge on any atom is -0.381 e. The van der Waals surface area contributed by atoms with E-state index in [1.807, 2.05) is 0 Å². The lowest BCUT2D eigenvalue weighted by atomic mass is 9.84. The molecule has 0 radical (unpaired) electrons. The first kappa shape index (κ1) is 12.1. The van der Waals surface area contributed by atoms with Crippen molar-refractivity contribution in [2.45, 2.75) is 25.7 Å². The second kappa shape index (κ2) is 5.83. The van der Waals surface area contributed by atoms with Crippen molar-refractivity contribution in [2.75, 3.05) is 18.5 Å². The molecular formula is C14H19BrO. The van der Waals surface area contributed by atoms with Crippen molar-refractivity contribution >= 4 is 15.9 Å². The van der Waals surface area contributed by atoms with Gasteiger partial charge in [0.15, 0.2) is 0 Å². The molecule has 1 aliphatic rings. The van der Waals surface area contributed by atoms with Crippen molar-refractivity contribution in [3.8, 4) is 0 Å². The summed E-state index contributed by atoms with van der Waals surface area (Å²) in [6.45, 7) is 1.88. The van der Waals surface area contributed by atoms with Crippen LogP contribution in [0, 0.1) is 5.41 Å². The van der Waals surface area contributed by atoms with Crippen LogP contribution in [0.3, 0.4) is 0 Å². The lowest BCUT2D eigenvalue weighted by molar-refractivity contribution is 0.156. The predicted molar refractivity (Wildman–Crippen MR) is 71.0 cm³/mol. The van der Waals surface area contributed by atoms with Gasteiger partial charge in [-0.25, -0.2) is 0 Å². The number of rotatable bonds is 5. The summed E-state index contributed by atoms with van der Waals surface area (Å²) in [7, 11) is 0. The van der Waals surface area contributed by atoms with E-state index in [2.05, 4.69) is 46.3 Å². The van der Waals surface area contributed by atoms with E-state index in [9.17, 15) is 0 Å². The third-order valence-corrected chi connectivity index (χ3v) is 4.67. The highest BCUT2D eigenvalue weighted by molar-refractivity contribution is 9.09. The first-order valence-electron chi connectivity index (χ1n) is 6.02. The summed E-state index contributed by atoms with van der Waals surface area (Å²) in [6, 6.07) is 10.7. The Hall–Kier alpha value is -0.340. The van der Waals surface area contributed by atoms with E-state index >= 15 is 0 Å². The second-order valence-corrected chi connectivity index (χ2v) is 5.34. The van der Waals surface area contributed by atoms with Crippen molar-refractivity contribution in [3.63, 3.8) is 0 Å². The average Bonchev–Trinajstić information content (AvgIpc) is 2.80. The van der Waals surface area contributed by atoms with Crippen LogP contribution in [0.15, 0.2) is 30.3 Å². The molecular weight excluding hydrogens is 264 g/mol. The molecule has 0 aromatic heterocycles. The van der Waals surface area contributed by atoms with E-state index in [4.69, 9.17) is 4.74 Å². The second-order valence-electron chi connectivity index (χ2n) is 4.78. The Balaban J connectivity index is 1.79. The zero-order valence-corrected chi connectivity index (χ0v) is 11.2. The van der Waals surface area contributed by atoms with Crippen LogP contribution in [0.5, 0.6) is 0 Å². The average molecular weight is 283 g/mol. The maximum atomic E-state index is 5.52. The lowest BCUT2D eigenvalue weighted by Gasteiger charge is -2.24. The lowest BCUT2D eigenvalue weighted by Crippen LogP contribution is -2.22. The van der Waals surface area contributed by atoms with E-state index in [1.165, 1.54) is 31.2 Å². The van der Waals surface area contributed by atoms with E-state index in [1.54, 1.807) is 0 Å². The smallest absolute Gasteiger partial charge is 0.0531 e. The van der Waals surface area contributed by atoms with Gasteiger partial charge in [0.05, 0.1) is 6.61 Å². The quantitative estimate of drug-likeness (QED) is 0.747. The number of aryl methyl sites for hydroxylation is 1. The summed E-state index contributed by atoms with van der Waals surface area (Å²) in [5, 5.41) is 1.08. The Labute approximate surface area is 106 Å². The standard InChI is InChI=1S/C14H19BrO/c15-11-14(9-10-16-12-14)8-4-7-13-5-2-1-3-6-13/h1-3,5-6H,4,7-12H2. The summed E-state index contributed by atoms with van der Waals surface area (Å²) in [5.41, 5.74) is 1.86. The highest BCUT2D eigenvalue weighted by Gasteiger charge is 2.32. The van der Waals surface area contributed by atoms with Gasteiger partial charge in [0.1, 0.15) is 0 Å². The maximum absolute atomic E-state index is 5.52. The zero-order valence-electron chi connectivity index (χ0n) is 9.62. The van der Waals surface area contributed by atoms with Crippen molar-refractivity contribution in [1.29, 1.82) is 0 Å². The molecule has 0 N–H and O–H groups in total. The summed E-state index contributed by atoms with van der Waals surface area (Å²) in [5.74, 6) is 0. The third kappa shape index (κ3) is 3.08. The van der Waals surface area contributed by atoms with Gasteiger partial charge in [0.2, 0.25) is 0 Å². The number of hydrogen-bond donors (Lipinski definition) is 0. The van der Waals surface area contributed by atoms with Gasteiger partial charge in [0.25, 0.3) is 0 Å². The summed E-state index contributed by atoms with van der Waals surface area (Å²) in [4.78, 5) is 0. The minimum atomic E-state index is 0.411. The fraction of sp³-hybridized carbons (Fsp3) is 0.571. The third-order valence-electron chi connectivity index (χ3n) is 3.48. The molecule has 2 rings (SSSR count). The Morgan fingerprint density at radius 2 is 2.06 bits per heavy atom. The van der Waals surface area contributed by atoms with E-state index in [0.29, 0.717) is 5.41 Å². The van der Waals surface area contributed by atoms with Crippen LogP contribution in [0.4, 0.5) is 0 Å². The largest absolute Gasteiger partial charge is 0.381 e. The molecule has 1 aliphatic heterocycles. The molecule has 1 saturated heterocycles. The highest BCUT2D eigenvalue weighted by Crippen LogP contribution is 2.35. The molecule has 1 nitrogen and oxygen atoms in total. The SMILES string of the molecule is BrCC1(CCCc2ccccc2)CCOC1. The molecule has 0 saturated carbocycles. The van der Waals surface area contributed by atoms with Crippen LogP contribution >= 0.6 is 15.9 Å². The van der Waals surface area contributed by atoms with E-state index < -0.39 is 0 Å². The van der Waals surface area contributed by atoms with Crippen LogP contribution in [0.1, 0.15) is 24.8 Å². The first-order chi connectivity index (χ1) is 7.85. The number of benzene rings is 1. The Kier molecular flexibility index (Phi) is 4.42. The fourth-order valence-corrected chi connectivity index (χ4v) is 3.05. The summed E-state index contributed by atoms with van der Waals surface area (Å²) in [6.07, 6.45) is 4.94. The number of alkyl halides is 1. The molecule has 0 amide bonds. The van der Waals surface area contributed by atoms with E-state index in [-0.39, 0.29) is 0 Å². The fourth-order valence-electron chi connectivity index (χ4n) is 2.33. The van der Waals surface area contributed by atoms with Crippen LogP contribution in [-0.4, -0.2) is 18.5 Å². The molecule has 88 valence electrons. The Bertz CT molecular complexity index is 304. The molecule has 2 heteroatoms. The van der Waals surface area contributed by atoms with Crippen LogP contribution in [0.2, 0.25) is 0 Å². The van der Waals surface area contributed by atoms with Gasteiger partial charge in [-0.15, -0.1) is 0 Å². The topological polar surface area (TPSA) is 9.23 Å². The molecule has 0 spiro atoms. The van der Waals surface area contributed by atoms with Crippen molar-refractivity contribution in [2.24, 2.45) is 5.41 Å². The maximum Gasteiger partial charge on any atom is 0.0531 e. The van der Waals surface area contributed by atoms with Crippen LogP contribution < -0.4 is 0 Å². The van der Waals surface area contributed by atoms with Gasteiger partial charge >= 0.3 is 0 Å². The summed E-state index contributed by atoms with van der Waals surface area (Å²) < 4.78 is 5.52. The molecule has 1 fully saturated rings. The van der Waals surface area contributed by atoms with Crippen LogP contribution in [-0.2, 0) is 11.2 Å². The highest BCUT2D eigenvalue weighted by atomic mass is 79.9. The van der Waals surface area contributed by atoms with Gasteiger partial charge < -0.3 is 4.74 Å². The number of hydrogen-bond acceptors (Lipinski definition) is 1. The first-order valence-corrected chi connectivity index (χ1v) is 7.14. The Morgan fingerprint density at radius 3 is 2.69 bits per heavy atom. The normalized spacial score (nSPS) is 24.8. The molecule has 0 aliphatic carbocycles.